The summed E-state index contributed by atoms with van der Waals surface area (Å²) in [6.07, 6.45) is 0. The van der Waals surface area contributed by atoms with E-state index in [0.717, 1.165) is 16.7 Å². The molecule has 0 aromatic heterocycles. The molecule has 0 saturated carbocycles. The van der Waals surface area contributed by atoms with Crippen molar-refractivity contribution in [2.24, 2.45) is 0 Å². The average Bonchev–Trinajstić information content (AvgIpc) is 2.84. The van der Waals surface area contributed by atoms with E-state index >= 15 is 0 Å². The lowest BCUT2D eigenvalue weighted by Crippen LogP contribution is -2.43. The molecule has 0 saturated heterocycles. The number of nitro groups is 1. The summed E-state index contributed by atoms with van der Waals surface area (Å²) in [5, 5.41) is 17.5. The Hall–Kier alpha value is -4.46. The lowest BCUT2D eigenvalue weighted by molar-refractivity contribution is -0.385. The maximum Gasteiger partial charge on any atom is 0.345 e. The van der Waals surface area contributed by atoms with Gasteiger partial charge in [0.15, 0.2) is 0 Å². The van der Waals surface area contributed by atoms with Gasteiger partial charge in [0, 0.05) is 11.6 Å². The number of benzene rings is 3. The Labute approximate surface area is 190 Å². The molecule has 166 valence electrons. The van der Waals surface area contributed by atoms with Crippen molar-refractivity contribution in [3.63, 3.8) is 0 Å². The number of carbonyl (C=O) groups is 2. The van der Waals surface area contributed by atoms with E-state index in [9.17, 15) is 19.7 Å². The van der Waals surface area contributed by atoms with E-state index in [4.69, 9.17) is 4.74 Å². The molecule has 3 aromatic carbocycles. The Balaban J connectivity index is 1.91. The molecule has 33 heavy (non-hydrogen) atoms. The van der Waals surface area contributed by atoms with E-state index in [1.807, 2.05) is 60.7 Å². The molecule has 1 aliphatic heterocycles. The van der Waals surface area contributed by atoms with Crippen LogP contribution in [0.5, 0.6) is 0 Å². The fraction of sp³-hybridized carbons (Fsp3) is 0.120. The number of nitrogens with zero attached hydrogens (tertiary/aromatic N) is 1. The van der Waals surface area contributed by atoms with Crippen LogP contribution in [0.15, 0.2) is 78.9 Å². The molecular weight excluding hydrogens is 422 g/mol. The van der Waals surface area contributed by atoms with Crippen LogP contribution in [0.1, 0.15) is 40.0 Å². The van der Waals surface area contributed by atoms with E-state index in [-0.39, 0.29) is 17.9 Å². The van der Waals surface area contributed by atoms with Crippen LogP contribution in [0.25, 0.3) is 11.3 Å². The van der Waals surface area contributed by atoms with Crippen LogP contribution in [0, 0.1) is 10.1 Å². The zero-order valence-electron chi connectivity index (χ0n) is 17.8. The van der Waals surface area contributed by atoms with Crippen LogP contribution in [-0.4, -0.2) is 23.5 Å². The van der Waals surface area contributed by atoms with Gasteiger partial charge in [-0.25, -0.2) is 9.59 Å². The highest BCUT2D eigenvalue weighted by molar-refractivity contribution is 6.03. The number of nitrogens with one attached hydrogen (secondary N) is 2. The number of esters is 1. The van der Waals surface area contributed by atoms with Gasteiger partial charge in [-0.15, -0.1) is 0 Å². The third kappa shape index (κ3) is 4.45. The quantitative estimate of drug-likeness (QED) is 0.326. The van der Waals surface area contributed by atoms with E-state index in [0.29, 0.717) is 11.3 Å². The van der Waals surface area contributed by atoms with Crippen LogP contribution >= 0.6 is 0 Å². The third-order valence-electron chi connectivity index (χ3n) is 5.27. The van der Waals surface area contributed by atoms with Crippen molar-refractivity contribution in [3.05, 3.63) is 111 Å². The number of nitro benzene ring substituents is 1. The highest BCUT2D eigenvalue weighted by Gasteiger charge is 2.32. The minimum atomic E-state index is -0.770. The Morgan fingerprint density at radius 3 is 2.24 bits per heavy atom. The number of urea groups is 1. The summed E-state index contributed by atoms with van der Waals surface area (Å²) in [5.74, 6) is -0.770. The second-order valence-corrected chi connectivity index (χ2v) is 7.31. The van der Waals surface area contributed by atoms with Crippen LogP contribution in [0.4, 0.5) is 10.5 Å². The predicted octanol–water partition coefficient (Wildman–Crippen LogP) is 4.69. The topological polar surface area (TPSA) is 111 Å². The van der Waals surface area contributed by atoms with Gasteiger partial charge in [0.25, 0.3) is 5.69 Å². The number of ether oxygens (including phenoxy) is 1. The summed E-state index contributed by atoms with van der Waals surface area (Å²) in [6, 6.07) is 22.0. The number of hydrogen-bond donors (Lipinski definition) is 2. The molecule has 0 radical (unpaired) electrons. The zero-order chi connectivity index (χ0) is 23.4. The second-order valence-electron chi connectivity index (χ2n) is 7.31. The highest BCUT2D eigenvalue weighted by Crippen LogP contribution is 2.39. The minimum absolute atomic E-state index is 0.101. The van der Waals surface area contributed by atoms with Gasteiger partial charge < -0.3 is 15.4 Å². The fourth-order valence-corrected chi connectivity index (χ4v) is 3.84. The second kappa shape index (κ2) is 9.35. The van der Waals surface area contributed by atoms with E-state index < -0.39 is 23.0 Å². The van der Waals surface area contributed by atoms with Gasteiger partial charge >= 0.3 is 12.0 Å². The largest absolute Gasteiger partial charge is 0.462 e. The lowest BCUT2D eigenvalue weighted by Gasteiger charge is -2.31. The van der Waals surface area contributed by atoms with Gasteiger partial charge in [-0.3, -0.25) is 10.1 Å². The molecule has 0 fully saturated rings. The molecule has 1 atom stereocenters. The number of amides is 2. The zero-order valence-corrected chi connectivity index (χ0v) is 17.8. The molecule has 2 N–H and O–H groups in total. The molecule has 0 aliphatic carbocycles. The minimum Gasteiger partial charge on any atom is -0.462 e. The average molecular weight is 443 g/mol. The molecule has 4 rings (SSSR count). The summed E-state index contributed by atoms with van der Waals surface area (Å²) in [7, 11) is 0. The molecule has 1 aliphatic rings. The fourth-order valence-electron chi connectivity index (χ4n) is 3.84. The first-order valence-electron chi connectivity index (χ1n) is 10.4. The van der Waals surface area contributed by atoms with Crippen LogP contribution in [0.3, 0.4) is 0 Å². The molecular formula is C25H21N3O5. The van der Waals surface area contributed by atoms with Gasteiger partial charge in [-0.05, 0) is 29.7 Å². The Kier molecular flexibility index (Phi) is 6.17. The maximum absolute atomic E-state index is 12.6. The number of rotatable bonds is 6. The van der Waals surface area contributed by atoms with Crippen LogP contribution in [0.2, 0.25) is 0 Å². The maximum atomic E-state index is 12.6. The Morgan fingerprint density at radius 1 is 1.00 bits per heavy atom. The number of hydrogen-bond acceptors (Lipinski definition) is 5. The molecule has 2 amide bonds. The predicted molar refractivity (Wildman–Crippen MR) is 123 cm³/mol. The lowest BCUT2D eigenvalue weighted by atomic mass is 9.87. The van der Waals surface area contributed by atoms with Crippen molar-refractivity contribution in [2.75, 3.05) is 6.61 Å². The van der Waals surface area contributed by atoms with Gasteiger partial charge in [0.05, 0.1) is 23.3 Å². The van der Waals surface area contributed by atoms with Crippen molar-refractivity contribution < 1.29 is 19.2 Å². The Bertz CT molecular complexity index is 1240. The third-order valence-corrected chi connectivity index (χ3v) is 5.27. The van der Waals surface area contributed by atoms with Gasteiger partial charge in [-0.1, -0.05) is 66.7 Å². The van der Waals surface area contributed by atoms with E-state index in [1.165, 1.54) is 12.1 Å². The van der Waals surface area contributed by atoms with E-state index in [2.05, 4.69) is 10.6 Å². The van der Waals surface area contributed by atoms with Crippen molar-refractivity contribution in [3.8, 4) is 0 Å². The molecule has 3 aromatic rings. The monoisotopic (exact) mass is 443 g/mol. The molecule has 1 unspecified atom stereocenters. The smallest absolute Gasteiger partial charge is 0.345 e. The van der Waals surface area contributed by atoms with Crippen LogP contribution < -0.4 is 10.6 Å². The molecule has 8 nitrogen and oxygen atoms in total. The first kappa shape index (κ1) is 21.8. The number of carbonyl (C=O) groups excluding carboxylic acids is 2. The first-order valence-corrected chi connectivity index (χ1v) is 10.4. The SMILES string of the molecule is CCOC(=O)c1ccc(C2NC(=O)NC(c3ccccc3)=C2c2ccccc2)cc1[N+](=O)[O-]. The summed E-state index contributed by atoms with van der Waals surface area (Å²) in [5.41, 5.74) is 2.94. The summed E-state index contributed by atoms with van der Waals surface area (Å²) in [4.78, 5) is 36.0. The summed E-state index contributed by atoms with van der Waals surface area (Å²) >= 11 is 0. The molecule has 0 bridgehead atoms. The molecule has 0 spiro atoms. The standard InChI is InChI=1S/C25H21N3O5/c1-2-33-24(29)19-14-13-18(15-20(19)28(31)32)23-21(16-9-5-3-6-10-16)22(26-25(30)27-23)17-11-7-4-8-12-17/h3-15,23H,2H2,1H3,(H2,26,27,30). The van der Waals surface area contributed by atoms with Crippen LogP contribution in [-0.2, 0) is 4.74 Å². The van der Waals surface area contributed by atoms with Gasteiger partial charge in [0.2, 0.25) is 0 Å². The highest BCUT2D eigenvalue weighted by atomic mass is 16.6. The van der Waals surface area contributed by atoms with E-state index in [1.54, 1.807) is 13.0 Å². The van der Waals surface area contributed by atoms with Gasteiger partial charge in [0.1, 0.15) is 5.56 Å². The summed E-state index contributed by atoms with van der Waals surface area (Å²) in [6.45, 7) is 1.73. The molecule has 1 heterocycles. The van der Waals surface area contributed by atoms with Crippen molar-refractivity contribution in [2.45, 2.75) is 13.0 Å². The van der Waals surface area contributed by atoms with Crippen molar-refractivity contribution in [1.29, 1.82) is 0 Å². The van der Waals surface area contributed by atoms with Gasteiger partial charge in [-0.2, -0.15) is 0 Å². The normalized spacial score (nSPS) is 15.4. The first-order chi connectivity index (χ1) is 16.0. The van der Waals surface area contributed by atoms with Crippen molar-refractivity contribution in [1.82, 2.24) is 10.6 Å². The summed E-state index contributed by atoms with van der Waals surface area (Å²) < 4.78 is 4.95. The molecule has 8 heteroatoms. The van der Waals surface area contributed by atoms with Crippen molar-refractivity contribution >= 4 is 29.0 Å². The Morgan fingerprint density at radius 2 is 1.64 bits per heavy atom.